The van der Waals surface area contributed by atoms with E-state index < -0.39 is 11.0 Å². The van der Waals surface area contributed by atoms with Gasteiger partial charge in [-0.3, -0.25) is 4.98 Å². The van der Waals surface area contributed by atoms with Crippen molar-refractivity contribution in [2.75, 3.05) is 20.1 Å². The molecule has 2 atom stereocenters. The molecule has 0 amide bonds. The van der Waals surface area contributed by atoms with Crippen molar-refractivity contribution in [2.45, 2.75) is 30.3 Å². The number of nitrogens with zero attached hydrogens (tertiary/aromatic N) is 2. The van der Waals surface area contributed by atoms with Gasteiger partial charge in [0, 0.05) is 40.4 Å². The molecule has 5 rings (SSSR count). The SMILES string of the molecule is CN1CC[C@@]2(c3cccc(O)c3)Cc3nc4ccc(Br)cc4cc3C[C@]2(O)C1. The van der Waals surface area contributed by atoms with Crippen LogP contribution >= 0.6 is 15.9 Å². The number of phenols is 1. The third-order valence-electron chi connectivity index (χ3n) is 6.64. The fourth-order valence-corrected chi connectivity index (χ4v) is 5.60. The molecule has 2 heterocycles. The first-order valence-corrected chi connectivity index (χ1v) is 10.5. The number of aromatic hydroxyl groups is 1. The first kappa shape index (κ1) is 18.1. The summed E-state index contributed by atoms with van der Waals surface area (Å²) in [5.74, 6) is 0.246. The fraction of sp³-hybridized carbons (Fsp3) is 0.348. The third-order valence-corrected chi connectivity index (χ3v) is 7.13. The number of rotatable bonds is 1. The van der Waals surface area contributed by atoms with E-state index in [0.29, 0.717) is 19.4 Å². The smallest absolute Gasteiger partial charge is 0.115 e. The first-order chi connectivity index (χ1) is 13.4. The van der Waals surface area contributed by atoms with Crippen molar-refractivity contribution in [2.24, 2.45) is 0 Å². The van der Waals surface area contributed by atoms with E-state index in [1.807, 2.05) is 30.3 Å². The summed E-state index contributed by atoms with van der Waals surface area (Å²) in [6.07, 6.45) is 2.09. The number of β-amino-alcohol motifs (C(OH)–C–C–N with tert-alkyl or cyclic N) is 1. The molecular weight excluding hydrogens is 416 g/mol. The highest BCUT2D eigenvalue weighted by molar-refractivity contribution is 9.10. The summed E-state index contributed by atoms with van der Waals surface area (Å²) in [4.78, 5) is 7.19. The Morgan fingerprint density at radius 3 is 2.79 bits per heavy atom. The van der Waals surface area contributed by atoms with Crippen LogP contribution in [0.3, 0.4) is 0 Å². The highest BCUT2D eigenvalue weighted by atomic mass is 79.9. The van der Waals surface area contributed by atoms with E-state index in [9.17, 15) is 10.2 Å². The number of fused-ring (bicyclic) bond motifs is 3. The minimum atomic E-state index is -0.901. The third kappa shape index (κ3) is 2.68. The predicted molar refractivity (Wildman–Crippen MR) is 114 cm³/mol. The molecule has 144 valence electrons. The van der Waals surface area contributed by atoms with Crippen LogP contribution in [-0.2, 0) is 18.3 Å². The number of likely N-dealkylation sites (tertiary alicyclic amines) is 1. The van der Waals surface area contributed by atoms with E-state index in [-0.39, 0.29) is 5.75 Å². The molecule has 3 aromatic rings. The number of aromatic nitrogens is 1. The summed E-state index contributed by atoms with van der Waals surface area (Å²) in [5.41, 5.74) is 2.83. The van der Waals surface area contributed by atoms with Crippen molar-refractivity contribution in [3.05, 3.63) is 69.8 Å². The number of likely N-dealkylation sites (N-methyl/N-ethyl adjacent to an activating group) is 1. The van der Waals surface area contributed by atoms with Gasteiger partial charge in [-0.2, -0.15) is 0 Å². The van der Waals surface area contributed by atoms with Gasteiger partial charge >= 0.3 is 0 Å². The number of aliphatic hydroxyl groups is 1. The average molecular weight is 439 g/mol. The van der Waals surface area contributed by atoms with Crippen molar-refractivity contribution in [3.8, 4) is 5.75 Å². The fourth-order valence-electron chi connectivity index (χ4n) is 5.23. The van der Waals surface area contributed by atoms with E-state index >= 15 is 0 Å². The summed E-state index contributed by atoms with van der Waals surface area (Å²) in [7, 11) is 2.07. The molecule has 5 heteroatoms. The molecule has 0 spiro atoms. The van der Waals surface area contributed by atoms with E-state index in [0.717, 1.165) is 45.2 Å². The van der Waals surface area contributed by atoms with Crippen LogP contribution in [0.1, 0.15) is 23.2 Å². The molecule has 1 aromatic heterocycles. The maximum absolute atomic E-state index is 12.0. The number of piperidine rings is 1. The topological polar surface area (TPSA) is 56.6 Å². The number of hydrogen-bond acceptors (Lipinski definition) is 4. The largest absolute Gasteiger partial charge is 0.508 e. The van der Waals surface area contributed by atoms with Crippen molar-refractivity contribution in [3.63, 3.8) is 0 Å². The van der Waals surface area contributed by atoms with Gasteiger partial charge in [-0.05, 0) is 67.5 Å². The summed E-state index contributed by atoms with van der Waals surface area (Å²) in [5, 5.41) is 23.2. The number of halogens is 1. The van der Waals surface area contributed by atoms with E-state index in [4.69, 9.17) is 4.98 Å². The molecule has 0 unspecified atom stereocenters. The Morgan fingerprint density at radius 1 is 1.11 bits per heavy atom. The molecule has 1 aliphatic heterocycles. The highest BCUT2D eigenvalue weighted by Gasteiger charge is 2.56. The molecule has 2 aliphatic rings. The van der Waals surface area contributed by atoms with Gasteiger partial charge in [0.15, 0.2) is 0 Å². The van der Waals surface area contributed by atoms with Crippen LogP contribution < -0.4 is 0 Å². The summed E-state index contributed by atoms with van der Waals surface area (Å²) < 4.78 is 1.03. The zero-order valence-electron chi connectivity index (χ0n) is 15.8. The molecule has 4 nitrogen and oxygen atoms in total. The number of hydrogen-bond donors (Lipinski definition) is 2. The lowest BCUT2D eigenvalue weighted by Gasteiger charge is -2.56. The monoisotopic (exact) mass is 438 g/mol. The minimum absolute atomic E-state index is 0.246. The first-order valence-electron chi connectivity index (χ1n) is 9.67. The summed E-state index contributed by atoms with van der Waals surface area (Å²) >= 11 is 3.54. The predicted octanol–water partition coefficient (Wildman–Crippen LogP) is 3.81. The summed E-state index contributed by atoms with van der Waals surface area (Å²) in [6.45, 7) is 1.52. The van der Waals surface area contributed by atoms with E-state index in [1.54, 1.807) is 6.07 Å². The zero-order chi connectivity index (χ0) is 19.5. The van der Waals surface area contributed by atoms with E-state index in [2.05, 4.69) is 40.0 Å². The van der Waals surface area contributed by atoms with Gasteiger partial charge in [0.25, 0.3) is 0 Å². The van der Waals surface area contributed by atoms with Crippen LogP contribution in [0.2, 0.25) is 0 Å². The Balaban J connectivity index is 1.71. The van der Waals surface area contributed by atoms with Gasteiger partial charge in [-0.25, -0.2) is 0 Å². The maximum atomic E-state index is 12.0. The zero-order valence-corrected chi connectivity index (χ0v) is 17.4. The molecule has 1 fully saturated rings. The van der Waals surface area contributed by atoms with Crippen LogP contribution in [0, 0.1) is 0 Å². The Labute approximate surface area is 173 Å². The number of pyridine rings is 1. The van der Waals surface area contributed by atoms with Gasteiger partial charge in [-0.15, -0.1) is 0 Å². The Kier molecular flexibility index (Phi) is 4.06. The van der Waals surface area contributed by atoms with Crippen molar-refractivity contribution in [1.82, 2.24) is 9.88 Å². The Hall–Kier alpha value is -1.95. The lowest BCUT2D eigenvalue weighted by molar-refractivity contribution is -0.0976. The molecule has 2 aromatic carbocycles. The highest BCUT2D eigenvalue weighted by Crippen LogP contribution is 2.50. The van der Waals surface area contributed by atoms with Crippen LogP contribution in [0.25, 0.3) is 10.9 Å². The van der Waals surface area contributed by atoms with Crippen LogP contribution in [0.5, 0.6) is 5.75 Å². The molecule has 0 bridgehead atoms. The number of phenolic OH excluding ortho intramolecular Hbond substituents is 1. The second kappa shape index (κ2) is 6.28. The van der Waals surface area contributed by atoms with E-state index in [1.165, 1.54) is 0 Å². The second-order valence-electron chi connectivity index (χ2n) is 8.44. The molecule has 2 N–H and O–H groups in total. The normalized spacial score (nSPS) is 27.4. The standard InChI is InChI=1S/C23H23BrN2O2/c1-26-8-7-22(17-3-2-4-19(27)11-17)13-21-16(12-23(22,28)14-26)9-15-10-18(24)5-6-20(15)25-21/h2-6,9-11,27-28H,7-8,12-14H2,1H3/t22-,23-/m0/s1. The molecule has 1 saturated heterocycles. The van der Waals surface area contributed by atoms with Crippen LogP contribution in [-0.4, -0.2) is 45.8 Å². The molecule has 0 radical (unpaired) electrons. The van der Waals surface area contributed by atoms with Gasteiger partial charge in [-0.1, -0.05) is 28.1 Å². The molecule has 1 aliphatic carbocycles. The van der Waals surface area contributed by atoms with Gasteiger partial charge in [0.05, 0.1) is 11.1 Å². The Morgan fingerprint density at radius 2 is 1.96 bits per heavy atom. The van der Waals surface area contributed by atoms with Crippen molar-refractivity contribution in [1.29, 1.82) is 0 Å². The quantitative estimate of drug-likeness (QED) is 0.606. The van der Waals surface area contributed by atoms with Gasteiger partial charge in [0.1, 0.15) is 5.75 Å². The lowest BCUT2D eigenvalue weighted by Crippen LogP contribution is -2.66. The van der Waals surface area contributed by atoms with Crippen molar-refractivity contribution < 1.29 is 10.2 Å². The van der Waals surface area contributed by atoms with Crippen LogP contribution in [0.4, 0.5) is 0 Å². The number of benzene rings is 2. The summed E-state index contributed by atoms with van der Waals surface area (Å²) in [6, 6.07) is 15.7. The molecule has 0 saturated carbocycles. The minimum Gasteiger partial charge on any atom is -0.508 e. The average Bonchev–Trinajstić information content (AvgIpc) is 2.64. The molecule has 28 heavy (non-hydrogen) atoms. The lowest BCUT2D eigenvalue weighted by atomic mass is 9.56. The van der Waals surface area contributed by atoms with Crippen LogP contribution in [0.15, 0.2) is 53.0 Å². The Bertz CT molecular complexity index is 1090. The van der Waals surface area contributed by atoms with Gasteiger partial charge in [0.2, 0.25) is 0 Å². The second-order valence-corrected chi connectivity index (χ2v) is 9.35. The maximum Gasteiger partial charge on any atom is 0.115 e. The van der Waals surface area contributed by atoms with Crippen molar-refractivity contribution >= 4 is 26.8 Å². The molecular formula is C23H23BrN2O2. The van der Waals surface area contributed by atoms with Gasteiger partial charge < -0.3 is 15.1 Å².